The van der Waals surface area contributed by atoms with Crippen LogP contribution in [0.5, 0.6) is 5.75 Å². The number of aromatic nitrogens is 2. The van der Waals surface area contributed by atoms with E-state index in [1.165, 1.54) is 23.7 Å². The molecule has 178 valence electrons. The minimum Gasteiger partial charge on any atom is -0.406 e. The molecule has 0 aliphatic carbocycles. The molecule has 2 aromatic heterocycles. The van der Waals surface area contributed by atoms with E-state index in [0.717, 1.165) is 28.0 Å². The van der Waals surface area contributed by atoms with E-state index in [2.05, 4.69) is 4.74 Å². The van der Waals surface area contributed by atoms with Gasteiger partial charge in [-0.2, -0.15) is 0 Å². The molecule has 0 spiro atoms. The second-order valence-corrected chi connectivity index (χ2v) is 8.96. The number of hydrogen-bond acceptors (Lipinski definition) is 6. The topological polar surface area (TPSA) is 90.5 Å². The highest BCUT2D eigenvalue weighted by Gasteiger charge is 2.32. The summed E-state index contributed by atoms with van der Waals surface area (Å²) >= 11 is 0.989. The van der Waals surface area contributed by atoms with Crippen LogP contribution in [-0.2, 0) is 13.6 Å². The van der Waals surface area contributed by atoms with Crippen LogP contribution < -0.4 is 16.0 Å². The van der Waals surface area contributed by atoms with Gasteiger partial charge < -0.3 is 9.84 Å². The lowest BCUT2D eigenvalue weighted by Gasteiger charge is -2.11. The predicted octanol–water partition coefficient (Wildman–Crippen LogP) is 3.94. The largest absolute Gasteiger partial charge is 0.573 e. The molecule has 7 nitrogen and oxygen atoms in total. The number of nitrogens with zero attached hydrogens (tertiary/aromatic N) is 2. The highest BCUT2D eigenvalue weighted by molar-refractivity contribution is 7.22. The summed E-state index contributed by atoms with van der Waals surface area (Å²) in [6.45, 7) is 3.40. The Hall–Kier alpha value is -2.92. The first kappa shape index (κ1) is 24.7. The van der Waals surface area contributed by atoms with Crippen molar-refractivity contribution in [1.29, 1.82) is 0 Å². The monoisotopic (exact) mass is 484 g/mol. The molecular weight excluding hydrogens is 461 g/mol. The number of aliphatic hydroxyl groups is 1. The summed E-state index contributed by atoms with van der Waals surface area (Å²) in [6.07, 6.45) is -4.61. The maximum Gasteiger partial charge on any atom is 0.573 e. The van der Waals surface area contributed by atoms with Crippen LogP contribution in [0.2, 0.25) is 0 Å². The third-order valence-electron chi connectivity index (χ3n) is 4.91. The lowest BCUT2D eigenvalue weighted by molar-refractivity contribution is -0.274. The van der Waals surface area contributed by atoms with Crippen LogP contribution in [0, 0.1) is 5.92 Å². The maximum absolute atomic E-state index is 13.3. The molecule has 0 saturated carbocycles. The molecule has 0 fully saturated rings. The summed E-state index contributed by atoms with van der Waals surface area (Å²) in [6, 6.07) is 5.16. The quantitative estimate of drug-likeness (QED) is 0.489. The molecule has 1 N–H and O–H groups in total. The number of aliphatic hydroxyl groups excluding tert-OH is 1. The number of thiophene rings is 1. The molecular formula is C22H23F3N2O5S. The van der Waals surface area contributed by atoms with Gasteiger partial charge in [0.15, 0.2) is 5.78 Å². The van der Waals surface area contributed by atoms with Crippen LogP contribution in [0.3, 0.4) is 0 Å². The molecule has 1 aromatic carbocycles. The van der Waals surface area contributed by atoms with Crippen LogP contribution >= 0.6 is 11.3 Å². The molecule has 33 heavy (non-hydrogen) atoms. The van der Waals surface area contributed by atoms with Gasteiger partial charge in [0.05, 0.1) is 10.9 Å². The Morgan fingerprint density at radius 3 is 2.55 bits per heavy atom. The average Bonchev–Trinajstić information content (AvgIpc) is 3.12. The highest BCUT2D eigenvalue weighted by Crippen LogP contribution is 2.39. The van der Waals surface area contributed by atoms with Gasteiger partial charge in [0, 0.05) is 31.5 Å². The van der Waals surface area contributed by atoms with Crippen molar-refractivity contribution in [3.8, 4) is 16.2 Å². The molecule has 3 rings (SSSR count). The zero-order chi connectivity index (χ0) is 24.5. The van der Waals surface area contributed by atoms with Crippen molar-refractivity contribution < 1.29 is 27.8 Å². The molecule has 0 radical (unpaired) electrons. The van der Waals surface area contributed by atoms with Gasteiger partial charge in [-0.3, -0.25) is 18.7 Å². The number of Topliss-reactive ketones (excluding diaryl/α,β-unsaturated/α-hetero) is 1. The van der Waals surface area contributed by atoms with Gasteiger partial charge in [0.1, 0.15) is 10.6 Å². The van der Waals surface area contributed by atoms with E-state index >= 15 is 0 Å². The van der Waals surface area contributed by atoms with Crippen molar-refractivity contribution in [1.82, 2.24) is 9.13 Å². The second kappa shape index (κ2) is 9.52. The van der Waals surface area contributed by atoms with Crippen LogP contribution in [0.4, 0.5) is 13.2 Å². The van der Waals surface area contributed by atoms with E-state index in [-0.39, 0.29) is 63.9 Å². The zero-order valence-electron chi connectivity index (χ0n) is 18.2. The number of ketones is 1. The second-order valence-electron chi connectivity index (χ2n) is 7.96. The molecule has 2 heterocycles. The zero-order valence-corrected chi connectivity index (χ0v) is 19.0. The van der Waals surface area contributed by atoms with Crippen molar-refractivity contribution in [3.63, 3.8) is 0 Å². The molecule has 0 aliphatic heterocycles. The Kier molecular flexibility index (Phi) is 7.13. The van der Waals surface area contributed by atoms with Gasteiger partial charge in [-0.15, -0.1) is 24.5 Å². The van der Waals surface area contributed by atoms with E-state index in [9.17, 15) is 27.6 Å². The number of alkyl halides is 3. The van der Waals surface area contributed by atoms with Crippen LogP contribution in [0.25, 0.3) is 20.7 Å². The standard InChI is InChI=1S/C22H23F3N2O5S/c1-12(2)10-15(29)16-17-19(30)27(8-5-9-28)21(31)26(3)20(17)33-18(16)13-6-4-7-14(11-13)32-22(23,24)25/h4,6-7,11-12,28H,5,8-10H2,1-3H3. The summed E-state index contributed by atoms with van der Waals surface area (Å²) < 4.78 is 44.4. The minimum absolute atomic E-state index is 0.0319. The van der Waals surface area contributed by atoms with E-state index in [1.807, 2.05) is 13.8 Å². The third kappa shape index (κ3) is 5.19. The summed E-state index contributed by atoms with van der Waals surface area (Å²) in [4.78, 5) is 39.8. The molecule has 3 aromatic rings. The highest BCUT2D eigenvalue weighted by atomic mass is 32.1. The van der Waals surface area contributed by atoms with Crippen LogP contribution in [-0.4, -0.2) is 33.0 Å². The number of carbonyl (C=O) groups excluding carboxylic acids is 1. The van der Waals surface area contributed by atoms with E-state index < -0.39 is 23.4 Å². The van der Waals surface area contributed by atoms with Crippen molar-refractivity contribution >= 4 is 27.3 Å². The van der Waals surface area contributed by atoms with E-state index in [4.69, 9.17) is 5.11 Å². The Bertz CT molecular complexity index is 1300. The Morgan fingerprint density at radius 2 is 1.94 bits per heavy atom. The first-order valence-corrected chi connectivity index (χ1v) is 11.0. The van der Waals surface area contributed by atoms with Gasteiger partial charge in [0.25, 0.3) is 5.56 Å². The van der Waals surface area contributed by atoms with E-state index in [1.54, 1.807) is 0 Å². The molecule has 0 saturated heterocycles. The Balaban J connectivity index is 2.34. The molecule has 0 unspecified atom stereocenters. The summed E-state index contributed by atoms with van der Waals surface area (Å²) in [5.74, 6) is -0.851. The molecule has 0 aliphatic rings. The number of ether oxygens (including phenoxy) is 1. The van der Waals surface area contributed by atoms with Gasteiger partial charge >= 0.3 is 12.1 Å². The lowest BCUT2D eigenvalue weighted by Crippen LogP contribution is -2.39. The number of fused-ring (bicyclic) bond motifs is 1. The number of hydrogen-bond donors (Lipinski definition) is 1. The van der Waals surface area contributed by atoms with Crippen molar-refractivity contribution in [2.45, 2.75) is 39.6 Å². The maximum atomic E-state index is 13.3. The minimum atomic E-state index is -4.89. The normalized spacial score (nSPS) is 12.0. The third-order valence-corrected chi connectivity index (χ3v) is 6.23. The van der Waals surface area contributed by atoms with Crippen molar-refractivity contribution in [2.24, 2.45) is 13.0 Å². The number of benzene rings is 1. The molecule has 0 atom stereocenters. The van der Waals surface area contributed by atoms with Crippen LogP contribution in [0.1, 0.15) is 37.0 Å². The number of rotatable bonds is 8. The van der Waals surface area contributed by atoms with Crippen molar-refractivity contribution in [3.05, 3.63) is 50.7 Å². The number of aryl methyl sites for hydroxylation is 1. The average molecular weight is 484 g/mol. The smallest absolute Gasteiger partial charge is 0.406 e. The van der Waals surface area contributed by atoms with Crippen molar-refractivity contribution in [2.75, 3.05) is 6.61 Å². The Labute approximate surface area is 190 Å². The van der Waals surface area contributed by atoms with Gasteiger partial charge in [-0.25, -0.2) is 4.79 Å². The fourth-order valence-corrected chi connectivity index (χ4v) is 4.81. The molecule has 0 amide bonds. The molecule has 0 bridgehead atoms. The lowest BCUT2D eigenvalue weighted by atomic mass is 9.97. The fraction of sp³-hybridized carbons (Fsp3) is 0.409. The van der Waals surface area contributed by atoms with E-state index in [0.29, 0.717) is 0 Å². The number of halogens is 3. The van der Waals surface area contributed by atoms with Crippen LogP contribution in [0.15, 0.2) is 33.9 Å². The summed E-state index contributed by atoms with van der Waals surface area (Å²) in [7, 11) is 1.46. The first-order chi connectivity index (χ1) is 15.4. The number of carbonyl (C=O) groups is 1. The summed E-state index contributed by atoms with van der Waals surface area (Å²) in [5, 5.41) is 9.17. The Morgan fingerprint density at radius 1 is 1.24 bits per heavy atom. The SMILES string of the molecule is CC(C)CC(=O)c1c(-c2cccc(OC(F)(F)F)c2)sc2c1c(=O)n(CCCO)c(=O)n2C. The van der Waals surface area contributed by atoms with Gasteiger partial charge in [0.2, 0.25) is 0 Å². The van der Waals surface area contributed by atoms with Gasteiger partial charge in [-0.1, -0.05) is 26.0 Å². The fourth-order valence-electron chi connectivity index (χ4n) is 3.55. The first-order valence-electron chi connectivity index (χ1n) is 10.2. The molecule has 11 heteroatoms. The predicted molar refractivity (Wildman–Crippen MR) is 119 cm³/mol. The van der Waals surface area contributed by atoms with Gasteiger partial charge in [-0.05, 0) is 30.0 Å². The summed E-state index contributed by atoms with van der Waals surface area (Å²) in [5.41, 5.74) is -0.936.